The van der Waals surface area contributed by atoms with Crippen LogP contribution in [0.2, 0.25) is 0 Å². The van der Waals surface area contributed by atoms with Crippen LogP contribution >= 0.6 is 27.3 Å². The molecule has 0 amide bonds. The Morgan fingerprint density at radius 3 is 2.87 bits per heavy atom. The molecule has 0 unspecified atom stereocenters. The van der Waals surface area contributed by atoms with Crippen LogP contribution in [0.4, 0.5) is 4.39 Å². The molecule has 2 rings (SSSR count). The highest BCUT2D eigenvalue weighted by atomic mass is 79.9. The van der Waals surface area contributed by atoms with Gasteiger partial charge in [0.25, 0.3) is 0 Å². The summed E-state index contributed by atoms with van der Waals surface area (Å²) in [4.78, 5) is 15.7. The van der Waals surface area contributed by atoms with Crippen molar-refractivity contribution in [2.24, 2.45) is 0 Å². The van der Waals surface area contributed by atoms with Crippen LogP contribution in [-0.2, 0) is 0 Å². The molecule has 0 aliphatic rings. The van der Waals surface area contributed by atoms with Gasteiger partial charge >= 0.3 is 0 Å². The summed E-state index contributed by atoms with van der Waals surface area (Å²) in [5, 5.41) is 1.66. The zero-order valence-corrected chi connectivity index (χ0v) is 9.81. The fourth-order valence-corrected chi connectivity index (χ4v) is 2.20. The lowest BCUT2D eigenvalue weighted by molar-refractivity contribution is 0.103. The Morgan fingerprint density at radius 1 is 1.47 bits per heavy atom. The quantitative estimate of drug-likeness (QED) is 0.793. The van der Waals surface area contributed by atoms with Crippen molar-refractivity contribution in [3.63, 3.8) is 0 Å². The first-order valence-corrected chi connectivity index (χ1v) is 5.80. The van der Waals surface area contributed by atoms with Crippen molar-refractivity contribution in [2.45, 2.75) is 0 Å². The van der Waals surface area contributed by atoms with E-state index in [0.29, 0.717) is 15.7 Å². The maximum absolute atomic E-state index is 12.8. The van der Waals surface area contributed by atoms with E-state index in [1.54, 1.807) is 10.9 Å². The van der Waals surface area contributed by atoms with Crippen molar-refractivity contribution in [3.8, 4) is 0 Å². The van der Waals surface area contributed by atoms with Crippen molar-refractivity contribution < 1.29 is 9.18 Å². The molecule has 0 aliphatic heterocycles. The number of aromatic nitrogens is 1. The summed E-state index contributed by atoms with van der Waals surface area (Å²) in [6, 6.07) is 3.96. The molecule has 2 nitrogen and oxygen atoms in total. The molecule has 0 atom stereocenters. The number of ketones is 1. The lowest BCUT2D eigenvalue weighted by Crippen LogP contribution is -2.02. The number of nitrogens with zero attached hydrogens (tertiary/aromatic N) is 1. The fraction of sp³-hybridized carbons (Fsp3) is 0. The molecular formula is C10H5BrFNOS. The summed E-state index contributed by atoms with van der Waals surface area (Å²) in [6.45, 7) is 0. The third kappa shape index (κ3) is 2.13. The Kier molecular flexibility index (Phi) is 2.93. The van der Waals surface area contributed by atoms with Gasteiger partial charge in [0.1, 0.15) is 11.5 Å². The number of rotatable bonds is 2. The fourth-order valence-electron chi connectivity index (χ4n) is 1.14. The van der Waals surface area contributed by atoms with Crippen LogP contribution in [0.5, 0.6) is 0 Å². The van der Waals surface area contributed by atoms with Gasteiger partial charge in [0.05, 0.1) is 5.51 Å². The summed E-state index contributed by atoms with van der Waals surface area (Å²) in [7, 11) is 0. The zero-order chi connectivity index (χ0) is 10.8. The van der Waals surface area contributed by atoms with Crippen LogP contribution in [0.3, 0.4) is 0 Å². The number of benzene rings is 1. The van der Waals surface area contributed by atoms with Crippen LogP contribution in [-0.4, -0.2) is 10.8 Å². The molecule has 15 heavy (non-hydrogen) atoms. The first kappa shape index (κ1) is 10.4. The molecule has 2 aromatic rings. The molecule has 1 aromatic heterocycles. The molecule has 0 spiro atoms. The van der Waals surface area contributed by atoms with E-state index in [1.165, 1.54) is 29.5 Å². The largest absolute Gasteiger partial charge is 0.287 e. The number of halogens is 2. The van der Waals surface area contributed by atoms with Crippen LogP contribution in [0.1, 0.15) is 16.1 Å². The topological polar surface area (TPSA) is 30.0 Å². The molecule has 76 valence electrons. The smallest absolute Gasteiger partial charge is 0.213 e. The normalized spacial score (nSPS) is 10.3. The highest BCUT2D eigenvalue weighted by molar-refractivity contribution is 9.10. The van der Waals surface area contributed by atoms with Crippen LogP contribution in [0, 0.1) is 5.82 Å². The second-order valence-corrected chi connectivity index (χ2v) is 4.40. The predicted molar refractivity (Wildman–Crippen MR) is 59.6 cm³/mol. The average Bonchev–Trinajstić information content (AvgIpc) is 2.69. The van der Waals surface area contributed by atoms with Gasteiger partial charge in [-0.15, -0.1) is 11.3 Å². The molecular weight excluding hydrogens is 281 g/mol. The summed E-state index contributed by atoms with van der Waals surface area (Å²) in [5.74, 6) is -0.583. The molecule has 0 saturated heterocycles. The van der Waals surface area contributed by atoms with E-state index < -0.39 is 0 Å². The average molecular weight is 286 g/mol. The molecule has 5 heteroatoms. The minimum Gasteiger partial charge on any atom is -0.287 e. The number of thiazole rings is 1. The minimum absolute atomic E-state index is 0.205. The van der Waals surface area contributed by atoms with Gasteiger partial charge in [-0.1, -0.05) is 0 Å². The Balaban J connectivity index is 2.42. The van der Waals surface area contributed by atoms with Crippen LogP contribution in [0.25, 0.3) is 0 Å². The van der Waals surface area contributed by atoms with E-state index in [0.717, 1.165) is 0 Å². The first-order chi connectivity index (χ1) is 7.18. The Hall–Kier alpha value is -1.07. The highest BCUT2D eigenvalue weighted by Crippen LogP contribution is 2.21. The summed E-state index contributed by atoms with van der Waals surface area (Å²) >= 11 is 4.50. The molecule has 0 fully saturated rings. The number of hydrogen-bond donors (Lipinski definition) is 0. The molecule has 0 saturated carbocycles. The maximum atomic E-state index is 12.8. The van der Waals surface area contributed by atoms with Crippen molar-refractivity contribution in [1.29, 1.82) is 0 Å². The first-order valence-electron chi connectivity index (χ1n) is 4.06. The van der Waals surface area contributed by atoms with Gasteiger partial charge in [0.15, 0.2) is 0 Å². The van der Waals surface area contributed by atoms with Crippen molar-refractivity contribution in [1.82, 2.24) is 4.98 Å². The highest BCUT2D eigenvalue weighted by Gasteiger charge is 2.14. The number of carbonyl (C=O) groups excluding carboxylic acids is 1. The van der Waals surface area contributed by atoms with E-state index in [4.69, 9.17) is 0 Å². The van der Waals surface area contributed by atoms with Crippen LogP contribution < -0.4 is 0 Å². The van der Waals surface area contributed by atoms with Crippen LogP contribution in [0.15, 0.2) is 33.6 Å². The van der Waals surface area contributed by atoms with E-state index in [9.17, 15) is 9.18 Å². The van der Waals surface area contributed by atoms with Crippen molar-refractivity contribution >= 4 is 33.0 Å². The van der Waals surface area contributed by atoms with Gasteiger partial charge in [-0.2, -0.15) is 0 Å². The molecule has 1 aromatic carbocycles. The van der Waals surface area contributed by atoms with Gasteiger partial charge in [-0.3, -0.25) is 4.79 Å². The van der Waals surface area contributed by atoms with Crippen molar-refractivity contribution in [2.75, 3.05) is 0 Å². The minimum atomic E-state index is -0.378. The Labute approximate surface area is 97.9 Å². The van der Waals surface area contributed by atoms with E-state index in [-0.39, 0.29) is 11.6 Å². The monoisotopic (exact) mass is 285 g/mol. The molecule has 0 radical (unpaired) electrons. The molecule has 0 bridgehead atoms. The second kappa shape index (κ2) is 4.20. The summed E-state index contributed by atoms with van der Waals surface area (Å²) < 4.78 is 13.2. The maximum Gasteiger partial charge on any atom is 0.213 e. The second-order valence-electron chi connectivity index (χ2n) is 2.83. The summed E-state index contributed by atoms with van der Waals surface area (Å²) in [5.41, 5.74) is 2.39. The predicted octanol–water partition coefficient (Wildman–Crippen LogP) is 3.28. The summed E-state index contributed by atoms with van der Waals surface area (Å²) in [6.07, 6.45) is 0. The third-order valence-corrected chi connectivity index (χ3v) is 3.08. The van der Waals surface area contributed by atoms with Gasteiger partial charge in [0.2, 0.25) is 5.78 Å². The lowest BCUT2D eigenvalue weighted by atomic mass is 10.1. The SMILES string of the molecule is O=C(c1cscn1)c1ccc(F)cc1Br. The van der Waals surface area contributed by atoms with Gasteiger partial charge in [-0.05, 0) is 34.1 Å². The van der Waals surface area contributed by atoms with Gasteiger partial charge in [0, 0.05) is 15.4 Å². The van der Waals surface area contributed by atoms with E-state index >= 15 is 0 Å². The lowest BCUT2D eigenvalue weighted by Gasteiger charge is -2.00. The third-order valence-electron chi connectivity index (χ3n) is 1.84. The Bertz CT molecular complexity index is 498. The van der Waals surface area contributed by atoms with Gasteiger partial charge < -0.3 is 0 Å². The molecule has 0 aliphatic carbocycles. The van der Waals surface area contributed by atoms with Gasteiger partial charge in [-0.25, -0.2) is 9.37 Å². The standard InChI is InChI=1S/C10H5BrFNOS/c11-8-3-6(12)1-2-7(8)10(14)9-4-15-5-13-9/h1-5H. The number of hydrogen-bond acceptors (Lipinski definition) is 3. The number of carbonyl (C=O) groups is 1. The molecule has 0 N–H and O–H groups in total. The van der Waals surface area contributed by atoms with Crippen molar-refractivity contribution in [3.05, 3.63) is 50.6 Å². The zero-order valence-electron chi connectivity index (χ0n) is 7.41. The van der Waals surface area contributed by atoms with E-state index in [2.05, 4.69) is 20.9 Å². The molecule has 1 heterocycles. The van der Waals surface area contributed by atoms with E-state index in [1.807, 2.05) is 0 Å². The Morgan fingerprint density at radius 2 is 2.27 bits per heavy atom.